The normalized spacial score (nSPS) is 31.8. The molecular formula is C12H21N. The zero-order valence-corrected chi connectivity index (χ0v) is 8.84. The van der Waals surface area contributed by atoms with E-state index in [1.807, 2.05) is 0 Å². The molecule has 74 valence electrons. The molecule has 0 aliphatic heterocycles. The van der Waals surface area contributed by atoms with Gasteiger partial charge in [0, 0.05) is 6.04 Å². The van der Waals surface area contributed by atoms with Gasteiger partial charge >= 0.3 is 0 Å². The molecule has 1 rings (SSSR count). The van der Waals surface area contributed by atoms with E-state index in [1.54, 1.807) is 0 Å². The molecule has 1 fully saturated rings. The summed E-state index contributed by atoms with van der Waals surface area (Å²) < 4.78 is 0. The fraction of sp³-hybridized carbons (Fsp3) is 0.833. The van der Waals surface area contributed by atoms with Crippen LogP contribution in [0.25, 0.3) is 0 Å². The van der Waals surface area contributed by atoms with Crippen LogP contribution in [0.4, 0.5) is 0 Å². The van der Waals surface area contributed by atoms with Gasteiger partial charge in [0.15, 0.2) is 0 Å². The number of hydrogen-bond donors (Lipinski definition) is 1. The SMILES string of the molecule is C#CC(C)NC1CCCC(C)CC1. The predicted molar refractivity (Wildman–Crippen MR) is 57.5 cm³/mol. The van der Waals surface area contributed by atoms with Crippen LogP contribution in [0.2, 0.25) is 0 Å². The van der Waals surface area contributed by atoms with Crippen molar-refractivity contribution in [1.29, 1.82) is 0 Å². The summed E-state index contributed by atoms with van der Waals surface area (Å²) in [6.07, 6.45) is 12.0. The lowest BCUT2D eigenvalue weighted by atomic mass is 10.0. The van der Waals surface area contributed by atoms with Crippen molar-refractivity contribution in [2.45, 2.75) is 58.0 Å². The third-order valence-corrected chi connectivity index (χ3v) is 2.99. The Kier molecular flexibility index (Phi) is 4.32. The number of hydrogen-bond acceptors (Lipinski definition) is 1. The Labute approximate surface area is 82.3 Å². The Morgan fingerprint density at radius 2 is 2.08 bits per heavy atom. The van der Waals surface area contributed by atoms with Crippen molar-refractivity contribution in [3.63, 3.8) is 0 Å². The van der Waals surface area contributed by atoms with Gasteiger partial charge in [-0.1, -0.05) is 25.7 Å². The maximum atomic E-state index is 5.34. The van der Waals surface area contributed by atoms with E-state index in [4.69, 9.17) is 6.42 Å². The minimum Gasteiger partial charge on any atom is -0.301 e. The number of nitrogens with one attached hydrogen (secondary N) is 1. The zero-order valence-electron chi connectivity index (χ0n) is 8.84. The largest absolute Gasteiger partial charge is 0.301 e. The predicted octanol–water partition coefficient (Wildman–Crippen LogP) is 2.57. The quantitative estimate of drug-likeness (QED) is 0.507. The van der Waals surface area contributed by atoms with Gasteiger partial charge in [-0.05, 0) is 32.1 Å². The molecule has 3 atom stereocenters. The van der Waals surface area contributed by atoms with E-state index >= 15 is 0 Å². The maximum absolute atomic E-state index is 5.34. The van der Waals surface area contributed by atoms with Gasteiger partial charge in [-0.2, -0.15) is 0 Å². The highest BCUT2D eigenvalue weighted by Crippen LogP contribution is 2.22. The fourth-order valence-electron chi connectivity index (χ4n) is 2.06. The molecule has 0 aromatic heterocycles. The van der Waals surface area contributed by atoms with Crippen molar-refractivity contribution in [2.75, 3.05) is 0 Å². The molecule has 0 heterocycles. The summed E-state index contributed by atoms with van der Waals surface area (Å²) in [6, 6.07) is 0.898. The van der Waals surface area contributed by atoms with Gasteiger partial charge in [0.2, 0.25) is 0 Å². The van der Waals surface area contributed by atoms with Gasteiger partial charge in [-0.15, -0.1) is 6.42 Å². The Morgan fingerprint density at radius 1 is 1.31 bits per heavy atom. The first kappa shape index (κ1) is 10.6. The van der Waals surface area contributed by atoms with Crippen molar-refractivity contribution >= 4 is 0 Å². The van der Waals surface area contributed by atoms with Crippen molar-refractivity contribution in [2.24, 2.45) is 5.92 Å². The van der Waals surface area contributed by atoms with E-state index in [2.05, 4.69) is 25.1 Å². The molecule has 1 N–H and O–H groups in total. The molecule has 1 aliphatic carbocycles. The first-order valence-corrected chi connectivity index (χ1v) is 5.44. The van der Waals surface area contributed by atoms with Crippen molar-refractivity contribution in [1.82, 2.24) is 5.32 Å². The molecule has 1 saturated carbocycles. The summed E-state index contributed by atoms with van der Waals surface area (Å²) in [7, 11) is 0. The molecule has 0 amide bonds. The van der Waals surface area contributed by atoms with Crippen molar-refractivity contribution in [3.8, 4) is 12.3 Å². The van der Waals surface area contributed by atoms with Crippen LogP contribution in [-0.4, -0.2) is 12.1 Å². The van der Waals surface area contributed by atoms with E-state index in [9.17, 15) is 0 Å². The molecule has 0 aromatic carbocycles. The molecule has 0 bridgehead atoms. The average molecular weight is 179 g/mol. The minimum absolute atomic E-state index is 0.235. The first-order valence-electron chi connectivity index (χ1n) is 5.44. The van der Waals surface area contributed by atoms with Crippen molar-refractivity contribution in [3.05, 3.63) is 0 Å². The minimum atomic E-state index is 0.235. The van der Waals surface area contributed by atoms with Crippen LogP contribution < -0.4 is 5.32 Å². The van der Waals surface area contributed by atoms with Crippen LogP contribution >= 0.6 is 0 Å². The van der Waals surface area contributed by atoms with Crippen LogP contribution in [0.3, 0.4) is 0 Å². The second-order valence-corrected chi connectivity index (χ2v) is 4.37. The van der Waals surface area contributed by atoms with Crippen LogP contribution in [0.1, 0.15) is 46.0 Å². The summed E-state index contributed by atoms with van der Waals surface area (Å²) in [5, 5.41) is 3.49. The topological polar surface area (TPSA) is 12.0 Å². The fourth-order valence-corrected chi connectivity index (χ4v) is 2.06. The summed E-state index contributed by atoms with van der Waals surface area (Å²) in [5.41, 5.74) is 0. The van der Waals surface area contributed by atoms with Crippen molar-refractivity contribution < 1.29 is 0 Å². The van der Waals surface area contributed by atoms with E-state index in [-0.39, 0.29) is 6.04 Å². The summed E-state index contributed by atoms with van der Waals surface area (Å²) >= 11 is 0. The lowest BCUT2D eigenvalue weighted by Crippen LogP contribution is -2.35. The zero-order chi connectivity index (χ0) is 9.68. The molecule has 0 radical (unpaired) electrons. The summed E-state index contributed by atoms with van der Waals surface area (Å²) in [5.74, 6) is 3.64. The van der Waals surface area contributed by atoms with Crippen LogP contribution in [0.15, 0.2) is 0 Å². The Hall–Kier alpha value is -0.480. The molecule has 1 heteroatoms. The molecule has 0 saturated heterocycles. The Balaban J connectivity index is 2.30. The van der Waals surface area contributed by atoms with E-state index in [1.165, 1.54) is 32.1 Å². The smallest absolute Gasteiger partial charge is 0.0660 e. The lowest BCUT2D eigenvalue weighted by molar-refractivity contribution is 0.435. The van der Waals surface area contributed by atoms with Gasteiger partial charge in [0.25, 0.3) is 0 Å². The molecular weight excluding hydrogens is 158 g/mol. The van der Waals surface area contributed by atoms with Crippen LogP contribution in [0.5, 0.6) is 0 Å². The second-order valence-electron chi connectivity index (χ2n) is 4.37. The Bertz CT molecular complexity index is 180. The number of rotatable bonds is 2. The third kappa shape index (κ3) is 3.83. The monoisotopic (exact) mass is 179 g/mol. The molecule has 3 unspecified atom stereocenters. The first-order chi connectivity index (χ1) is 6.22. The third-order valence-electron chi connectivity index (χ3n) is 2.99. The summed E-state index contributed by atoms with van der Waals surface area (Å²) in [4.78, 5) is 0. The van der Waals surface area contributed by atoms with E-state index in [0.29, 0.717) is 6.04 Å². The molecule has 13 heavy (non-hydrogen) atoms. The number of terminal acetylenes is 1. The van der Waals surface area contributed by atoms with Gasteiger partial charge < -0.3 is 5.32 Å². The van der Waals surface area contributed by atoms with Crippen LogP contribution in [-0.2, 0) is 0 Å². The maximum Gasteiger partial charge on any atom is 0.0660 e. The summed E-state index contributed by atoms with van der Waals surface area (Å²) in [6.45, 7) is 4.42. The highest BCUT2D eigenvalue weighted by Gasteiger charge is 2.16. The molecule has 1 nitrogen and oxygen atoms in total. The highest BCUT2D eigenvalue weighted by molar-refractivity contribution is 4.97. The molecule has 0 spiro atoms. The van der Waals surface area contributed by atoms with Gasteiger partial charge in [-0.25, -0.2) is 0 Å². The van der Waals surface area contributed by atoms with Crippen LogP contribution in [0, 0.1) is 18.3 Å². The lowest BCUT2D eigenvalue weighted by Gasteiger charge is -2.18. The molecule has 0 aromatic rings. The molecule has 1 aliphatic rings. The van der Waals surface area contributed by atoms with E-state index in [0.717, 1.165) is 5.92 Å². The van der Waals surface area contributed by atoms with E-state index < -0.39 is 0 Å². The van der Waals surface area contributed by atoms with Gasteiger partial charge in [0.1, 0.15) is 0 Å². The highest BCUT2D eigenvalue weighted by atomic mass is 14.9. The van der Waals surface area contributed by atoms with Gasteiger partial charge in [0.05, 0.1) is 6.04 Å². The van der Waals surface area contributed by atoms with Gasteiger partial charge in [-0.3, -0.25) is 0 Å². The Morgan fingerprint density at radius 3 is 2.77 bits per heavy atom. The second kappa shape index (κ2) is 5.29. The average Bonchev–Trinajstić information content (AvgIpc) is 2.31. The standard InChI is InChI=1S/C12H21N/c1-4-11(3)13-12-7-5-6-10(2)8-9-12/h1,10-13H,5-9H2,2-3H3.